The van der Waals surface area contributed by atoms with Crippen LogP contribution < -0.4 is 5.32 Å². The molecule has 0 aromatic carbocycles. The second kappa shape index (κ2) is 8.90. The van der Waals surface area contributed by atoms with Crippen LogP contribution >= 0.6 is 0 Å². The molecule has 6 nitrogen and oxygen atoms in total. The summed E-state index contributed by atoms with van der Waals surface area (Å²) in [6, 6.07) is 1.74. The van der Waals surface area contributed by atoms with E-state index in [1.165, 1.54) is 0 Å². The molecule has 0 radical (unpaired) electrons. The zero-order chi connectivity index (χ0) is 15.8. The van der Waals surface area contributed by atoms with Gasteiger partial charge in [-0.15, -0.1) is 0 Å². The van der Waals surface area contributed by atoms with Crippen molar-refractivity contribution in [2.45, 2.75) is 52.2 Å². The molecule has 1 aliphatic rings. The Bertz CT molecular complexity index is 449. The molecule has 2 rings (SSSR count). The summed E-state index contributed by atoms with van der Waals surface area (Å²) in [5.74, 6) is 0.548. The Labute approximate surface area is 132 Å². The SMILES string of the molecule is CCCN(CCC)Cc1cc(C(=O)NCC2CCCO2)no1. The van der Waals surface area contributed by atoms with Crippen molar-refractivity contribution in [3.8, 4) is 0 Å². The summed E-state index contributed by atoms with van der Waals surface area (Å²) in [7, 11) is 0. The van der Waals surface area contributed by atoms with Crippen molar-refractivity contribution in [2.24, 2.45) is 0 Å². The molecule has 1 saturated heterocycles. The molecule has 124 valence electrons. The summed E-state index contributed by atoms with van der Waals surface area (Å²) in [6.45, 7) is 8.40. The van der Waals surface area contributed by atoms with Crippen molar-refractivity contribution in [2.75, 3.05) is 26.2 Å². The van der Waals surface area contributed by atoms with Gasteiger partial charge >= 0.3 is 0 Å². The third-order valence-corrected chi connectivity index (χ3v) is 3.76. The lowest BCUT2D eigenvalue weighted by Gasteiger charge is -2.18. The average Bonchev–Trinajstić information content (AvgIpc) is 3.17. The Hall–Kier alpha value is -1.40. The molecule has 1 aromatic rings. The lowest BCUT2D eigenvalue weighted by molar-refractivity contribution is 0.0850. The minimum atomic E-state index is -0.192. The number of nitrogens with zero attached hydrogens (tertiary/aromatic N) is 2. The molecule has 2 heterocycles. The van der Waals surface area contributed by atoms with Gasteiger partial charge < -0.3 is 14.6 Å². The standard InChI is InChI=1S/C16H27N3O3/c1-3-7-19(8-4-2)12-14-10-15(18-22-14)16(20)17-11-13-6-5-9-21-13/h10,13H,3-9,11-12H2,1-2H3,(H,17,20). The third kappa shape index (κ3) is 5.10. The molecule has 1 aromatic heterocycles. The highest BCUT2D eigenvalue weighted by Crippen LogP contribution is 2.12. The van der Waals surface area contributed by atoms with E-state index in [2.05, 4.69) is 29.2 Å². The minimum absolute atomic E-state index is 0.139. The van der Waals surface area contributed by atoms with Gasteiger partial charge in [0.2, 0.25) is 0 Å². The minimum Gasteiger partial charge on any atom is -0.376 e. The summed E-state index contributed by atoms with van der Waals surface area (Å²) < 4.78 is 10.8. The van der Waals surface area contributed by atoms with Crippen molar-refractivity contribution in [1.82, 2.24) is 15.4 Å². The molecule has 1 N–H and O–H groups in total. The van der Waals surface area contributed by atoms with Gasteiger partial charge in [0.15, 0.2) is 11.5 Å². The first-order valence-electron chi connectivity index (χ1n) is 8.30. The van der Waals surface area contributed by atoms with Gasteiger partial charge in [-0.2, -0.15) is 0 Å². The Morgan fingerprint density at radius 3 is 2.82 bits per heavy atom. The van der Waals surface area contributed by atoms with Crippen LogP contribution in [-0.2, 0) is 11.3 Å². The highest BCUT2D eigenvalue weighted by atomic mass is 16.5. The maximum absolute atomic E-state index is 12.0. The Balaban J connectivity index is 1.82. The molecule has 1 aliphatic heterocycles. The first-order valence-corrected chi connectivity index (χ1v) is 8.30. The van der Waals surface area contributed by atoms with E-state index in [0.29, 0.717) is 18.8 Å². The summed E-state index contributed by atoms with van der Waals surface area (Å²) in [5, 5.41) is 6.74. The predicted octanol–water partition coefficient (Wildman–Crippen LogP) is 2.21. The fourth-order valence-corrected chi connectivity index (χ4v) is 2.72. The molecule has 1 fully saturated rings. The van der Waals surface area contributed by atoms with Crippen LogP contribution in [0.25, 0.3) is 0 Å². The van der Waals surface area contributed by atoms with Crippen molar-refractivity contribution < 1.29 is 14.1 Å². The maximum atomic E-state index is 12.0. The van der Waals surface area contributed by atoms with Gasteiger partial charge in [-0.25, -0.2) is 0 Å². The number of ether oxygens (including phenoxy) is 1. The lowest BCUT2D eigenvalue weighted by atomic mass is 10.2. The van der Waals surface area contributed by atoms with E-state index in [1.54, 1.807) is 6.07 Å². The molecule has 1 atom stereocenters. The maximum Gasteiger partial charge on any atom is 0.273 e. The average molecular weight is 309 g/mol. The summed E-state index contributed by atoms with van der Waals surface area (Å²) >= 11 is 0. The number of nitrogens with one attached hydrogen (secondary N) is 1. The Kier molecular flexibility index (Phi) is 6.86. The van der Waals surface area contributed by atoms with Gasteiger partial charge in [0.25, 0.3) is 5.91 Å². The van der Waals surface area contributed by atoms with Gasteiger partial charge in [0.1, 0.15) is 0 Å². The van der Waals surface area contributed by atoms with Gasteiger partial charge in [-0.3, -0.25) is 9.69 Å². The first-order chi connectivity index (χ1) is 10.7. The number of amides is 1. The van der Waals surface area contributed by atoms with Crippen LogP contribution in [0.5, 0.6) is 0 Å². The van der Waals surface area contributed by atoms with Crippen LogP contribution in [0.2, 0.25) is 0 Å². The number of hydrogen-bond acceptors (Lipinski definition) is 5. The highest BCUT2D eigenvalue weighted by molar-refractivity contribution is 5.92. The van der Waals surface area contributed by atoms with Crippen LogP contribution in [-0.4, -0.2) is 48.3 Å². The molecule has 6 heteroatoms. The van der Waals surface area contributed by atoms with Crippen molar-refractivity contribution in [3.05, 3.63) is 17.5 Å². The van der Waals surface area contributed by atoms with E-state index in [4.69, 9.17) is 9.26 Å². The van der Waals surface area contributed by atoms with Crippen molar-refractivity contribution >= 4 is 5.91 Å². The normalized spacial score (nSPS) is 18.0. The predicted molar refractivity (Wildman–Crippen MR) is 83.7 cm³/mol. The molecular formula is C16H27N3O3. The van der Waals surface area contributed by atoms with Crippen LogP contribution in [0, 0.1) is 0 Å². The van der Waals surface area contributed by atoms with E-state index < -0.39 is 0 Å². The van der Waals surface area contributed by atoms with Crippen LogP contribution in [0.3, 0.4) is 0 Å². The third-order valence-electron chi connectivity index (χ3n) is 3.76. The second-order valence-corrected chi connectivity index (χ2v) is 5.80. The summed E-state index contributed by atoms with van der Waals surface area (Å²) in [4.78, 5) is 14.4. The first kappa shape index (κ1) is 17.0. The lowest BCUT2D eigenvalue weighted by Crippen LogP contribution is -2.31. The van der Waals surface area contributed by atoms with E-state index in [-0.39, 0.29) is 12.0 Å². The Morgan fingerprint density at radius 2 is 2.18 bits per heavy atom. The smallest absolute Gasteiger partial charge is 0.273 e. The fraction of sp³-hybridized carbons (Fsp3) is 0.750. The molecule has 22 heavy (non-hydrogen) atoms. The monoisotopic (exact) mass is 309 g/mol. The molecule has 1 amide bonds. The van der Waals surface area contributed by atoms with Gasteiger partial charge in [0.05, 0.1) is 12.6 Å². The summed E-state index contributed by atoms with van der Waals surface area (Å²) in [5.41, 5.74) is 0.348. The largest absolute Gasteiger partial charge is 0.376 e. The van der Waals surface area contributed by atoms with Gasteiger partial charge in [-0.1, -0.05) is 19.0 Å². The topological polar surface area (TPSA) is 67.6 Å². The van der Waals surface area contributed by atoms with Gasteiger partial charge in [0, 0.05) is 19.2 Å². The Morgan fingerprint density at radius 1 is 1.41 bits per heavy atom. The fourth-order valence-electron chi connectivity index (χ4n) is 2.72. The molecule has 0 spiro atoms. The zero-order valence-electron chi connectivity index (χ0n) is 13.6. The van der Waals surface area contributed by atoms with Crippen LogP contribution in [0.4, 0.5) is 0 Å². The molecule has 0 bridgehead atoms. The summed E-state index contributed by atoms with van der Waals surface area (Å²) in [6.07, 6.45) is 4.42. The van der Waals surface area contributed by atoms with Crippen molar-refractivity contribution in [3.63, 3.8) is 0 Å². The van der Waals surface area contributed by atoms with Crippen LogP contribution in [0.15, 0.2) is 10.6 Å². The molecule has 0 aliphatic carbocycles. The van der Waals surface area contributed by atoms with Gasteiger partial charge in [-0.05, 0) is 38.8 Å². The number of hydrogen-bond donors (Lipinski definition) is 1. The number of carbonyl (C=O) groups excluding carboxylic acids is 1. The highest BCUT2D eigenvalue weighted by Gasteiger charge is 2.19. The van der Waals surface area contributed by atoms with E-state index in [9.17, 15) is 4.79 Å². The van der Waals surface area contributed by atoms with E-state index in [0.717, 1.165) is 51.1 Å². The second-order valence-electron chi connectivity index (χ2n) is 5.80. The van der Waals surface area contributed by atoms with E-state index >= 15 is 0 Å². The van der Waals surface area contributed by atoms with Crippen LogP contribution in [0.1, 0.15) is 55.8 Å². The zero-order valence-corrected chi connectivity index (χ0v) is 13.6. The molecular weight excluding hydrogens is 282 g/mol. The van der Waals surface area contributed by atoms with E-state index in [1.807, 2.05) is 0 Å². The number of rotatable bonds is 9. The van der Waals surface area contributed by atoms with Crippen molar-refractivity contribution in [1.29, 1.82) is 0 Å². The number of aromatic nitrogens is 1. The molecule has 0 saturated carbocycles. The molecule has 1 unspecified atom stereocenters. The number of carbonyl (C=O) groups is 1. The quantitative estimate of drug-likeness (QED) is 0.757.